The van der Waals surface area contributed by atoms with E-state index in [1.807, 2.05) is 0 Å². The lowest BCUT2D eigenvalue weighted by Crippen LogP contribution is -2.41. The van der Waals surface area contributed by atoms with E-state index in [4.69, 9.17) is 15.6 Å². The molecule has 20 heavy (non-hydrogen) atoms. The summed E-state index contributed by atoms with van der Waals surface area (Å²) in [5.74, 6) is -0.694. The van der Waals surface area contributed by atoms with Gasteiger partial charge in [0.1, 0.15) is 19.3 Å². The topological polar surface area (TPSA) is 125 Å². The lowest BCUT2D eigenvalue weighted by molar-refractivity contribution is -0.763. The summed E-state index contributed by atoms with van der Waals surface area (Å²) in [6.45, 7) is 1.27. The predicted molar refractivity (Wildman–Crippen MR) is 67.7 cm³/mol. The molecule has 1 rings (SSSR count). The summed E-state index contributed by atoms with van der Waals surface area (Å²) in [6, 6.07) is 5.48. The molecule has 3 N–H and O–H groups in total. The van der Waals surface area contributed by atoms with E-state index in [9.17, 15) is 14.9 Å². The predicted octanol–water partition coefficient (Wildman–Crippen LogP) is 0.146. The first kappa shape index (κ1) is 15.9. The van der Waals surface area contributed by atoms with Gasteiger partial charge in [-0.15, -0.1) is 10.1 Å². The molecule has 1 aromatic carbocycles. The maximum atomic E-state index is 11.4. The zero-order valence-corrected chi connectivity index (χ0v) is 10.9. The van der Waals surface area contributed by atoms with Gasteiger partial charge in [-0.25, -0.2) is 0 Å². The monoisotopic (exact) mass is 284 g/mol. The molecule has 0 aromatic heterocycles. The molecule has 0 spiro atoms. The highest BCUT2D eigenvalue weighted by Gasteiger charge is 2.20. The smallest absolute Gasteiger partial charge is 0.325 e. The van der Waals surface area contributed by atoms with Crippen LogP contribution in [0.25, 0.3) is 0 Å². The first-order chi connectivity index (χ1) is 9.40. The molecule has 110 valence electrons. The van der Waals surface area contributed by atoms with Gasteiger partial charge in [0.15, 0.2) is 0 Å². The van der Waals surface area contributed by atoms with Crippen molar-refractivity contribution in [3.8, 4) is 0 Å². The molecule has 0 amide bonds. The number of nitrogens with zero attached hydrogens (tertiary/aromatic N) is 1. The summed E-state index contributed by atoms with van der Waals surface area (Å²) in [4.78, 5) is 25.6. The van der Waals surface area contributed by atoms with Gasteiger partial charge in [-0.2, -0.15) is 0 Å². The molecule has 0 heterocycles. The standard InChI is InChI=1S/C12H16N2O6/c1-8(15)11(13)12(16)19-6-9-2-4-10(5-3-9)7-20-14(17)18/h2-5,8,11,15H,6-7,13H2,1H3. The van der Waals surface area contributed by atoms with Crippen molar-refractivity contribution in [3.05, 3.63) is 45.5 Å². The van der Waals surface area contributed by atoms with Gasteiger partial charge >= 0.3 is 5.97 Å². The van der Waals surface area contributed by atoms with Gasteiger partial charge in [-0.1, -0.05) is 24.3 Å². The normalized spacial score (nSPS) is 13.3. The van der Waals surface area contributed by atoms with Crippen LogP contribution in [0.3, 0.4) is 0 Å². The Bertz CT molecular complexity index is 460. The highest BCUT2D eigenvalue weighted by molar-refractivity contribution is 5.76. The number of nitrogens with two attached hydrogens (primary N) is 1. The van der Waals surface area contributed by atoms with Gasteiger partial charge in [0.05, 0.1) is 6.10 Å². The van der Waals surface area contributed by atoms with Crippen molar-refractivity contribution < 1.29 is 24.6 Å². The lowest BCUT2D eigenvalue weighted by atomic mass is 10.1. The molecule has 0 saturated heterocycles. The van der Waals surface area contributed by atoms with E-state index in [-0.39, 0.29) is 13.2 Å². The maximum absolute atomic E-state index is 11.4. The molecule has 0 aliphatic carbocycles. The maximum Gasteiger partial charge on any atom is 0.325 e. The zero-order valence-electron chi connectivity index (χ0n) is 10.9. The third-order valence-corrected chi connectivity index (χ3v) is 2.53. The van der Waals surface area contributed by atoms with Crippen LogP contribution in [-0.2, 0) is 27.6 Å². The Morgan fingerprint density at radius 1 is 1.35 bits per heavy atom. The summed E-state index contributed by atoms with van der Waals surface area (Å²) in [5, 5.41) is 18.3. The number of carbonyl (C=O) groups excluding carboxylic acids is 1. The molecule has 2 atom stereocenters. The van der Waals surface area contributed by atoms with Crippen molar-refractivity contribution in [2.45, 2.75) is 32.3 Å². The third-order valence-electron chi connectivity index (χ3n) is 2.53. The average Bonchev–Trinajstić information content (AvgIpc) is 2.42. The minimum Gasteiger partial charge on any atom is -0.460 e. The fourth-order valence-corrected chi connectivity index (χ4v) is 1.31. The first-order valence-electron chi connectivity index (χ1n) is 5.85. The van der Waals surface area contributed by atoms with Crippen molar-refractivity contribution in [1.29, 1.82) is 0 Å². The largest absolute Gasteiger partial charge is 0.460 e. The molecule has 0 fully saturated rings. The number of ether oxygens (including phenoxy) is 1. The Balaban J connectivity index is 2.45. The van der Waals surface area contributed by atoms with E-state index in [2.05, 4.69) is 4.84 Å². The van der Waals surface area contributed by atoms with Gasteiger partial charge < -0.3 is 20.4 Å². The number of aliphatic hydroxyl groups excluding tert-OH is 1. The van der Waals surface area contributed by atoms with Crippen molar-refractivity contribution in [2.24, 2.45) is 5.73 Å². The van der Waals surface area contributed by atoms with Crippen LogP contribution in [0.15, 0.2) is 24.3 Å². The van der Waals surface area contributed by atoms with Crippen LogP contribution in [0.4, 0.5) is 0 Å². The second-order valence-electron chi connectivity index (χ2n) is 4.19. The summed E-state index contributed by atoms with van der Waals surface area (Å²) in [6.07, 6.45) is -0.982. The molecule has 8 heteroatoms. The van der Waals surface area contributed by atoms with Crippen molar-refractivity contribution >= 4 is 5.97 Å². The van der Waals surface area contributed by atoms with Crippen LogP contribution in [0.5, 0.6) is 0 Å². The van der Waals surface area contributed by atoms with Gasteiger partial charge in [0.2, 0.25) is 0 Å². The number of hydrogen-bond donors (Lipinski definition) is 2. The molecular formula is C12H16N2O6. The zero-order chi connectivity index (χ0) is 15.1. The van der Waals surface area contributed by atoms with Gasteiger partial charge in [0, 0.05) is 0 Å². The van der Waals surface area contributed by atoms with Gasteiger partial charge in [-0.3, -0.25) is 4.79 Å². The SMILES string of the molecule is CC(O)C(N)C(=O)OCc1ccc(CO[N+](=O)[O-])cc1. The molecule has 1 aromatic rings. The summed E-state index contributed by atoms with van der Waals surface area (Å²) >= 11 is 0. The van der Waals surface area contributed by atoms with Crippen molar-refractivity contribution in [1.82, 2.24) is 0 Å². The minimum atomic E-state index is -1.08. The van der Waals surface area contributed by atoms with Crippen LogP contribution in [-0.4, -0.2) is 28.3 Å². The Morgan fingerprint density at radius 3 is 2.30 bits per heavy atom. The molecule has 2 unspecified atom stereocenters. The van der Waals surface area contributed by atoms with E-state index in [1.165, 1.54) is 6.92 Å². The number of esters is 1. The molecular weight excluding hydrogens is 268 g/mol. The summed E-state index contributed by atoms with van der Waals surface area (Å²) in [7, 11) is 0. The van der Waals surface area contributed by atoms with Crippen LogP contribution in [0.1, 0.15) is 18.1 Å². The van der Waals surface area contributed by atoms with Crippen LogP contribution < -0.4 is 5.73 Å². The fourth-order valence-electron chi connectivity index (χ4n) is 1.31. The molecule has 0 radical (unpaired) electrons. The molecule has 8 nitrogen and oxygen atoms in total. The Kier molecular flexibility index (Phi) is 5.88. The molecule has 0 bridgehead atoms. The molecule has 0 aliphatic heterocycles. The van der Waals surface area contributed by atoms with Crippen molar-refractivity contribution in [2.75, 3.05) is 0 Å². The average molecular weight is 284 g/mol. The number of hydrogen-bond acceptors (Lipinski definition) is 7. The number of benzene rings is 1. The van der Waals surface area contributed by atoms with Crippen LogP contribution >= 0.6 is 0 Å². The molecule has 0 aliphatic rings. The summed E-state index contributed by atoms with van der Waals surface area (Å²) in [5.41, 5.74) is 6.73. The third kappa shape index (κ3) is 5.21. The second-order valence-corrected chi connectivity index (χ2v) is 4.19. The van der Waals surface area contributed by atoms with E-state index in [0.29, 0.717) is 11.1 Å². The number of rotatable bonds is 7. The lowest BCUT2D eigenvalue weighted by Gasteiger charge is -2.13. The first-order valence-corrected chi connectivity index (χ1v) is 5.85. The highest BCUT2D eigenvalue weighted by Crippen LogP contribution is 2.08. The van der Waals surface area contributed by atoms with Crippen molar-refractivity contribution in [3.63, 3.8) is 0 Å². The quantitative estimate of drug-likeness (QED) is 0.414. The van der Waals surface area contributed by atoms with Crippen LogP contribution in [0.2, 0.25) is 0 Å². The minimum absolute atomic E-state index is 0.00955. The van der Waals surface area contributed by atoms with Crippen LogP contribution in [0, 0.1) is 10.1 Å². The Labute approximate surface area is 115 Å². The van der Waals surface area contributed by atoms with E-state index >= 15 is 0 Å². The second kappa shape index (κ2) is 7.41. The molecule has 0 saturated carbocycles. The van der Waals surface area contributed by atoms with Gasteiger partial charge in [0.25, 0.3) is 5.09 Å². The van der Waals surface area contributed by atoms with E-state index in [1.54, 1.807) is 24.3 Å². The number of aliphatic hydroxyl groups is 1. The number of carbonyl (C=O) groups is 1. The highest BCUT2D eigenvalue weighted by atomic mass is 16.9. The fraction of sp³-hybridized carbons (Fsp3) is 0.417. The van der Waals surface area contributed by atoms with E-state index in [0.717, 1.165) is 0 Å². The van der Waals surface area contributed by atoms with Gasteiger partial charge in [-0.05, 0) is 18.1 Å². The van der Waals surface area contributed by atoms with E-state index < -0.39 is 23.2 Å². The summed E-state index contributed by atoms with van der Waals surface area (Å²) < 4.78 is 4.93. The Morgan fingerprint density at radius 2 is 1.85 bits per heavy atom. The Hall–Kier alpha value is -2.19.